The van der Waals surface area contributed by atoms with Crippen LogP contribution in [0.1, 0.15) is 39.0 Å². The first-order valence-electron chi connectivity index (χ1n) is 3.79. The molecule has 2 bridgehead atoms. The molecule has 0 aromatic carbocycles. The van der Waals surface area contributed by atoms with Gasteiger partial charge in [-0.3, -0.25) is 0 Å². The third-order valence-electron chi connectivity index (χ3n) is 2.96. The van der Waals surface area contributed by atoms with E-state index < -0.39 is 0 Å². The van der Waals surface area contributed by atoms with Gasteiger partial charge in [0.05, 0.1) is 0 Å². The van der Waals surface area contributed by atoms with Crippen LogP contribution in [0.4, 0.5) is 0 Å². The van der Waals surface area contributed by atoms with Crippen LogP contribution in [0.3, 0.4) is 0 Å². The van der Waals surface area contributed by atoms with Crippen LogP contribution in [0.15, 0.2) is 0 Å². The molecule has 0 aromatic heterocycles. The van der Waals surface area contributed by atoms with E-state index in [4.69, 9.17) is 0 Å². The SMILES string of the molecule is CC12CCCC(C1)C2. The summed E-state index contributed by atoms with van der Waals surface area (Å²) in [7, 11) is 0. The molecule has 0 atom stereocenters. The van der Waals surface area contributed by atoms with Crippen molar-refractivity contribution < 1.29 is 0 Å². The molecule has 0 unspecified atom stereocenters. The molecule has 0 heterocycles. The van der Waals surface area contributed by atoms with Gasteiger partial charge < -0.3 is 0 Å². The van der Waals surface area contributed by atoms with E-state index in [1.807, 2.05) is 0 Å². The van der Waals surface area contributed by atoms with E-state index in [0.717, 1.165) is 11.3 Å². The first-order chi connectivity index (χ1) is 3.79. The molecule has 0 spiro atoms. The summed E-state index contributed by atoms with van der Waals surface area (Å²) in [6.07, 6.45) is 7.67. The van der Waals surface area contributed by atoms with Crippen molar-refractivity contribution in [3.8, 4) is 0 Å². The molecule has 3 saturated carbocycles. The second-order valence-electron chi connectivity index (χ2n) is 3.98. The largest absolute Gasteiger partial charge is 0.0596 e. The smallest absolute Gasteiger partial charge is 0.0321 e. The van der Waals surface area contributed by atoms with Crippen LogP contribution in [0.25, 0.3) is 0 Å². The zero-order chi connectivity index (χ0) is 5.61. The third-order valence-corrected chi connectivity index (χ3v) is 2.96. The fraction of sp³-hybridized carbons (Fsp3) is 1.00. The molecule has 3 aliphatic rings. The number of rotatable bonds is 0. The Morgan fingerprint density at radius 1 is 1.38 bits per heavy atom. The van der Waals surface area contributed by atoms with Crippen molar-refractivity contribution in [2.45, 2.75) is 39.0 Å². The maximum atomic E-state index is 2.45. The Morgan fingerprint density at radius 2 is 2.12 bits per heavy atom. The van der Waals surface area contributed by atoms with Crippen molar-refractivity contribution in [2.75, 3.05) is 0 Å². The minimum atomic E-state index is 0.822. The molecule has 0 aromatic rings. The molecule has 0 aliphatic heterocycles. The Bertz CT molecular complexity index is 93.1. The lowest BCUT2D eigenvalue weighted by molar-refractivity contribution is 0.0136. The zero-order valence-corrected chi connectivity index (χ0v) is 5.61. The zero-order valence-electron chi connectivity index (χ0n) is 5.61. The highest BCUT2D eigenvalue weighted by Gasteiger charge is 2.42. The first-order valence-corrected chi connectivity index (χ1v) is 3.79. The highest BCUT2D eigenvalue weighted by atomic mass is 14.5. The lowest BCUT2D eigenvalue weighted by Gasteiger charge is -2.50. The van der Waals surface area contributed by atoms with E-state index in [-0.39, 0.29) is 0 Å². The van der Waals surface area contributed by atoms with E-state index in [9.17, 15) is 0 Å². The fourth-order valence-corrected chi connectivity index (χ4v) is 2.56. The number of hydrogen-bond acceptors (Lipinski definition) is 0. The van der Waals surface area contributed by atoms with E-state index in [0.29, 0.717) is 0 Å². The van der Waals surface area contributed by atoms with Gasteiger partial charge >= 0.3 is 0 Å². The van der Waals surface area contributed by atoms with Gasteiger partial charge in [0.25, 0.3) is 0 Å². The molecule has 0 heteroatoms. The molecule has 0 radical (unpaired) electrons. The quantitative estimate of drug-likeness (QED) is 0.449. The monoisotopic (exact) mass is 110 g/mol. The third kappa shape index (κ3) is 0.519. The summed E-state index contributed by atoms with van der Waals surface area (Å²) in [5.41, 5.74) is 0.822. The molecule has 3 aliphatic carbocycles. The van der Waals surface area contributed by atoms with Crippen LogP contribution in [0.2, 0.25) is 0 Å². The topological polar surface area (TPSA) is 0 Å². The van der Waals surface area contributed by atoms with Crippen molar-refractivity contribution in [3.05, 3.63) is 0 Å². The second-order valence-corrected chi connectivity index (χ2v) is 3.98. The Kier molecular flexibility index (Phi) is 0.778. The lowest BCUT2D eigenvalue weighted by atomic mass is 9.55. The van der Waals surface area contributed by atoms with Crippen LogP contribution in [0.5, 0.6) is 0 Å². The van der Waals surface area contributed by atoms with E-state index >= 15 is 0 Å². The van der Waals surface area contributed by atoms with Crippen LogP contribution >= 0.6 is 0 Å². The normalized spacial score (nSPS) is 52.9. The van der Waals surface area contributed by atoms with E-state index in [1.165, 1.54) is 19.3 Å². The summed E-state index contributed by atoms with van der Waals surface area (Å²) in [6, 6.07) is 0. The molecule has 3 rings (SSSR count). The van der Waals surface area contributed by atoms with E-state index in [2.05, 4.69) is 6.92 Å². The van der Waals surface area contributed by atoms with Gasteiger partial charge in [0.1, 0.15) is 0 Å². The van der Waals surface area contributed by atoms with Gasteiger partial charge in [-0.15, -0.1) is 0 Å². The number of fused-ring (bicyclic) bond motifs is 2. The van der Waals surface area contributed by atoms with Gasteiger partial charge in [-0.1, -0.05) is 19.8 Å². The summed E-state index contributed by atoms with van der Waals surface area (Å²) in [5, 5.41) is 0. The maximum absolute atomic E-state index is 2.45. The average molecular weight is 110 g/mol. The molecule has 0 amide bonds. The molecular formula is C8H14. The predicted octanol–water partition coefficient (Wildman–Crippen LogP) is 2.59. The summed E-state index contributed by atoms with van der Waals surface area (Å²) in [5.74, 6) is 1.15. The lowest BCUT2D eigenvalue weighted by Crippen LogP contribution is -2.38. The molecule has 3 fully saturated rings. The Balaban J connectivity index is 2.06. The van der Waals surface area contributed by atoms with Gasteiger partial charge in [-0.2, -0.15) is 0 Å². The highest BCUT2D eigenvalue weighted by Crippen LogP contribution is 2.54. The van der Waals surface area contributed by atoms with E-state index in [1.54, 1.807) is 12.8 Å². The summed E-state index contributed by atoms with van der Waals surface area (Å²) in [4.78, 5) is 0. The van der Waals surface area contributed by atoms with Crippen LogP contribution in [-0.4, -0.2) is 0 Å². The summed E-state index contributed by atoms with van der Waals surface area (Å²) >= 11 is 0. The minimum Gasteiger partial charge on any atom is -0.0596 e. The Morgan fingerprint density at radius 3 is 2.38 bits per heavy atom. The van der Waals surface area contributed by atoms with Crippen molar-refractivity contribution in [1.29, 1.82) is 0 Å². The molecular weight excluding hydrogens is 96.1 g/mol. The fourth-order valence-electron chi connectivity index (χ4n) is 2.56. The number of hydrogen-bond donors (Lipinski definition) is 0. The van der Waals surface area contributed by atoms with Crippen LogP contribution in [-0.2, 0) is 0 Å². The first kappa shape index (κ1) is 4.84. The Labute approximate surface area is 51.3 Å². The molecule has 0 N–H and O–H groups in total. The maximum Gasteiger partial charge on any atom is -0.0321 e. The predicted molar refractivity (Wildman–Crippen MR) is 34.7 cm³/mol. The molecule has 0 saturated heterocycles. The van der Waals surface area contributed by atoms with Crippen molar-refractivity contribution in [3.63, 3.8) is 0 Å². The second kappa shape index (κ2) is 1.29. The molecule has 8 heavy (non-hydrogen) atoms. The van der Waals surface area contributed by atoms with Gasteiger partial charge in [0.2, 0.25) is 0 Å². The summed E-state index contributed by atoms with van der Waals surface area (Å²) in [6.45, 7) is 2.45. The highest BCUT2D eigenvalue weighted by molar-refractivity contribution is 4.94. The van der Waals surface area contributed by atoms with Gasteiger partial charge in [-0.05, 0) is 30.6 Å². The van der Waals surface area contributed by atoms with Gasteiger partial charge in [0, 0.05) is 0 Å². The Hall–Kier alpha value is 0. The van der Waals surface area contributed by atoms with Crippen LogP contribution in [0, 0.1) is 11.3 Å². The van der Waals surface area contributed by atoms with Crippen LogP contribution < -0.4 is 0 Å². The standard InChI is InChI=1S/C8H14/c1-8-4-2-3-7(5-8)6-8/h7H,2-6H2,1H3. The average Bonchev–Trinajstić information content (AvgIpc) is 1.63. The molecule has 46 valence electrons. The van der Waals surface area contributed by atoms with Crippen molar-refractivity contribution in [2.24, 2.45) is 11.3 Å². The minimum absolute atomic E-state index is 0.822. The van der Waals surface area contributed by atoms with Crippen molar-refractivity contribution in [1.82, 2.24) is 0 Å². The van der Waals surface area contributed by atoms with Crippen molar-refractivity contribution >= 4 is 0 Å². The summed E-state index contributed by atoms with van der Waals surface area (Å²) < 4.78 is 0. The van der Waals surface area contributed by atoms with Gasteiger partial charge in [-0.25, -0.2) is 0 Å². The molecule has 0 nitrogen and oxygen atoms in total. The van der Waals surface area contributed by atoms with Gasteiger partial charge in [0.15, 0.2) is 0 Å².